The average molecular weight is 423 g/mol. The lowest BCUT2D eigenvalue weighted by molar-refractivity contribution is -0.113. The molecule has 0 spiro atoms. The zero-order valence-corrected chi connectivity index (χ0v) is 17.3. The number of carbonyl (C=O) groups excluding carboxylic acids is 2. The fraction of sp³-hybridized carbons (Fsp3) is 0.130. The molecule has 0 aliphatic rings. The molecule has 0 heterocycles. The van der Waals surface area contributed by atoms with Crippen LogP contribution in [0.25, 0.3) is 0 Å². The molecule has 0 atom stereocenters. The molecule has 0 saturated carbocycles. The van der Waals surface area contributed by atoms with E-state index in [1.165, 1.54) is 12.1 Å². The lowest BCUT2D eigenvalue weighted by atomic mass is 10.1. The van der Waals surface area contributed by atoms with Crippen molar-refractivity contribution >= 4 is 27.3 Å². The Bertz CT molecular complexity index is 1130. The van der Waals surface area contributed by atoms with Crippen molar-refractivity contribution in [2.75, 3.05) is 18.1 Å². The first-order valence-electron chi connectivity index (χ1n) is 9.33. The Kier molecular flexibility index (Phi) is 6.64. The lowest BCUT2D eigenvalue weighted by Gasteiger charge is -2.19. The van der Waals surface area contributed by atoms with Gasteiger partial charge in [-0.1, -0.05) is 60.7 Å². The van der Waals surface area contributed by atoms with Gasteiger partial charge in [-0.25, -0.2) is 8.42 Å². The number of anilines is 1. The van der Waals surface area contributed by atoms with E-state index in [0.717, 1.165) is 5.56 Å². The van der Waals surface area contributed by atoms with Crippen molar-refractivity contribution in [2.45, 2.75) is 11.4 Å². The quantitative estimate of drug-likeness (QED) is 0.633. The van der Waals surface area contributed by atoms with Gasteiger partial charge in [0, 0.05) is 13.6 Å². The summed E-state index contributed by atoms with van der Waals surface area (Å²) in [4.78, 5) is 27.0. The smallest absolute Gasteiger partial charge is 0.256 e. The molecule has 0 unspecified atom stereocenters. The van der Waals surface area contributed by atoms with Crippen LogP contribution in [0.2, 0.25) is 0 Å². The molecule has 2 amide bonds. The summed E-state index contributed by atoms with van der Waals surface area (Å²) in [6.45, 7) is 0.407. The molecule has 1 N–H and O–H groups in total. The average Bonchev–Trinajstić information content (AvgIpc) is 2.74. The minimum absolute atomic E-state index is 0.0760. The monoisotopic (exact) mass is 422 g/mol. The van der Waals surface area contributed by atoms with Crippen LogP contribution in [0.5, 0.6) is 0 Å². The van der Waals surface area contributed by atoms with Crippen molar-refractivity contribution in [3.63, 3.8) is 0 Å². The van der Waals surface area contributed by atoms with E-state index in [1.807, 2.05) is 30.3 Å². The highest BCUT2D eigenvalue weighted by atomic mass is 32.2. The van der Waals surface area contributed by atoms with Crippen molar-refractivity contribution in [2.24, 2.45) is 0 Å². The lowest BCUT2D eigenvalue weighted by Crippen LogP contribution is -2.28. The molecular formula is C23H22N2O4S. The minimum Gasteiger partial charge on any atom is -0.337 e. The fourth-order valence-corrected chi connectivity index (χ4v) is 4.14. The van der Waals surface area contributed by atoms with Crippen molar-refractivity contribution in [1.82, 2.24) is 4.90 Å². The summed E-state index contributed by atoms with van der Waals surface area (Å²) in [5.74, 6) is -1.69. The first-order chi connectivity index (χ1) is 14.4. The molecule has 0 bridgehead atoms. The molecule has 154 valence electrons. The normalized spacial score (nSPS) is 11.0. The van der Waals surface area contributed by atoms with Crippen LogP contribution in [0.3, 0.4) is 0 Å². The van der Waals surface area contributed by atoms with Gasteiger partial charge in [0.1, 0.15) is 5.75 Å². The largest absolute Gasteiger partial charge is 0.337 e. The van der Waals surface area contributed by atoms with E-state index in [2.05, 4.69) is 5.32 Å². The molecular weight excluding hydrogens is 400 g/mol. The van der Waals surface area contributed by atoms with Gasteiger partial charge >= 0.3 is 0 Å². The molecule has 0 aliphatic carbocycles. The molecule has 7 heteroatoms. The Labute approximate surface area is 176 Å². The predicted molar refractivity (Wildman–Crippen MR) is 116 cm³/mol. The molecule has 0 radical (unpaired) electrons. The standard InChI is InChI=1S/C23H22N2O4S/c1-25(16-18-10-4-2-5-11-18)23(27)20-14-8-9-15-21(20)24-22(26)17-30(28,29)19-12-6-3-7-13-19/h2-15H,16-17H2,1H3,(H,24,26). The molecule has 6 nitrogen and oxygen atoms in total. The van der Waals surface area contributed by atoms with Crippen molar-refractivity contribution < 1.29 is 18.0 Å². The van der Waals surface area contributed by atoms with Crippen LogP contribution in [-0.4, -0.2) is 37.9 Å². The first-order valence-corrected chi connectivity index (χ1v) is 11.0. The third-order valence-corrected chi connectivity index (χ3v) is 6.10. The number of rotatable bonds is 7. The predicted octanol–water partition coefficient (Wildman–Crippen LogP) is 3.37. The van der Waals surface area contributed by atoms with E-state index in [4.69, 9.17) is 0 Å². The minimum atomic E-state index is -3.78. The van der Waals surface area contributed by atoms with Crippen LogP contribution in [0.15, 0.2) is 89.8 Å². The van der Waals surface area contributed by atoms with Gasteiger partial charge in [0.05, 0.1) is 16.1 Å². The number of nitrogens with zero attached hydrogens (tertiary/aromatic N) is 1. The molecule has 3 rings (SSSR count). The van der Waals surface area contributed by atoms with Gasteiger partial charge in [-0.05, 0) is 29.8 Å². The van der Waals surface area contributed by atoms with E-state index in [9.17, 15) is 18.0 Å². The SMILES string of the molecule is CN(Cc1ccccc1)C(=O)c1ccccc1NC(=O)CS(=O)(=O)c1ccccc1. The van der Waals surface area contributed by atoms with Gasteiger partial charge in [-0.15, -0.1) is 0 Å². The summed E-state index contributed by atoms with van der Waals surface area (Å²) in [5.41, 5.74) is 1.54. The summed E-state index contributed by atoms with van der Waals surface area (Å²) in [6, 6.07) is 23.9. The topological polar surface area (TPSA) is 83.6 Å². The van der Waals surface area contributed by atoms with Gasteiger partial charge in [0.25, 0.3) is 5.91 Å². The molecule has 3 aromatic carbocycles. The molecule has 0 fully saturated rings. The summed E-state index contributed by atoms with van der Waals surface area (Å²) < 4.78 is 24.9. The van der Waals surface area contributed by atoms with Crippen molar-refractivity contribution in [1.29, 1.82) is 0 Å². The van der Waals surface area contributed by atoms with Gasteiger partial charge < -0.3 is 10.2 Å². The van der Waals surface area contributed by atoms with E-state index < -0.39 is 21.5 Å². The second-order valence-electron chi connectivity index (χ2n) is 6.81. The number of sulfone groups is 1. The highest BCUT2D eigenvalue weighted by Gasteiger charge is 2.21. The van der Waals surface area contributed by atoms with Crippen molar-refractivity contribution in [3.05, 3.63) is 96.1 Å². The third-order valence-electron chi connectivity index (χ3n) is 4.46. The Balaban J connectivity index is 1.73. The summed E-state index contributed by atoms with van der Waals surface area (Å²) in [7, 11) is -2.10. The maximum atomic E-state index is 12.9. The zero-order valence-electron chi connectivity index (χ0n) is 16.5. The summed E-state index contributed by atoms with van der Waals surface area (Å²) >= 11 is 0. The molecule has 0 saturated heterocycles. The number of hydrogen-bond donors (Lipinski definition) is 1. The van der Waals surface area contributed by atoms with Crippen LogP contribution in [-0.2, 0) is 21.2 Å². The Hall–Kier alpha value is -3.45. The highest BCUT2D eigenvalue weighted by Crippen LogP contribution is 2.19. The van der Waals surface area contributed by atoms with Gasteiger partial charge in [-0.2, -0.15) is 0 Å². The van der Waals surface area contributed by atoms with Gasteiger partial charge in [0.2, 0.25) is 5.91 Å². The molecule has 3 aromatic rings. The van der Waals surface area contributed by atoms with E-state index in [0.29, 0.717) is 12.1 Å². The van der Waals surface area contributed by atoms with Gasteiger partial charge in [0.15, 0.2) is 9.84 Å². The first kappa shape index (κ1) is 21.3. The molecule has 0 aliphatic heterocycles. The summed E-state index contributed by atoms with van der Waals surface area (Å²) in [6.07, 6.45) is 0. The third kappa shape index (κ3) is 5.33. The van der Waals surface area contributed by atoms with E-state index in [1.54, 1.807) is 54.4 Å². The summed E-state index contributed by atoms with van der Waals surface area (Å²) in [5, 5.41) is 2.57. The Morgan fingerprint density at radius 3 is 2.07 bits per heavy atom. The van der Waals surface area contributed by atoms with E-state index >= 15 is 0 Å². The number of amides is 2. The van der Waals surface area contributed by atoms with Crippen molar-refractivity contribution in [3.8, 4) is 0 Å². The Morgan fingerprint density at radius 1 is 0.833 bits per heavy atom. The van der Waals surface area contributed by atoms with Crippen LogP contribution in [0.1, 0.15) is 15.9 Å². The number of benzene rings is 3. The van der Waals surface area contributed by atoms with E-state index in [-0.39, 0.29) is 16.5 Å². The highest BCUT2D eigenvalue weighted by molar-refractivity contribution is 7.92. The number of carbonyl (C=O) groups is 2. The second kappa shape index (κ2) is 9.37. The maximum Gasteiger partial charge on any atom is 0.256 e. The van der Waals surface area contributed by atoms with Crippen LogP contribution in [0, 0.1) is 0 Å². The second-order valence-corrected chi connectivity index (χ2v) is 8.80. The zero-order chi connectivity index (χ0) is 21.6. The Morgan fingerprint density at radius 2 is 1.40 bits per heavy atom. The van der Waals surface area contributed by atoms with Gasteiger partial charge in [-0.3, -0.25) is 9.59 Å². The number of nitrogens with one attached hydrogen (secondary N) is 1. The van der Waals surface area contributed by atoms with Crippen LogP contribution >= 0.6 is 0 Å². The molecule has 30 heavy (non-hydrogen) atoms. The number of para-hydroxylation sites is 1. The fourth-order valence-electron chi connectivity index (χ4n) is 2.98. The van der Waals surface area contributed by atoms with Crippen LogP contribution < -0.4 is 5.32 Å². The maximum absolute atomic E-state index is 12.9. The number of hydrogen-bond acceptors (Lipinski definition) is 4. The van der Waals surface area contributed by atoms with Crippen LogP contribution in [0.4, 0.5) is 5.69 Å². The molecule has 0 aromatic heterocycles.